The lowest BCUT2D eigenvalue weighted by Crippen LogP contribution is -2.57. The Morgan fingerprint density at radius 2 is 1.82 bits per heavy atom. The summed E-state index contributed by atoms with van der Waals surface area (Å²) in [5.41, 5.74) is 1.16. The van der Waals surface area contributed by atoms with E-state index in [9.17, 15) is 4.79 Å². The highest BCUT2D eigenvalue weighted by Gasteiger charge is 2.46. The van der Waals surface area contributed by atoms with Crippen molar-refractivity contribution in [1.82, 2.24) is 24.8 Å². The minimum absolute atomic E-state index is 0.00349. The van der Waals surface area contributed by atoms with E-state index in [1.165, 1.54) is 0 Å². The second-order valence-electron chi connectivity index (χ2n) is 13.8. The molecule has 6 heterocycles. The van der Waals surface area contributed by atoms with Gasteiger partial charge in [-0.1, -0.05) is 23.7 Å². The maximum atomic E-state index is 16.5. The number of aromatic nitrogens is 3. The number of carbonyl (C=O) groups is 1. The zero-order chi connectivity index (χ0) is 30.8. The normalized spacial score (nSPS) is 23.0. The molecule has 4 saturated heterocycles. The first kappa shape index (κ1) is 29.5. The molecule has 0 spiro atoms. The molecule has 44 heavy (non-hydrogen) atoms. The zero-order valence-corrected chi connectivity index (χ0v) is 26.7. The van der Waals surface area contributed by atoms with Gasteiger partial charge in [0.25, 0.3) is 0 Å². The molecule has 0 radical (unpaired) electrons. The van der Waals surface area contributed by atoms with Crippen LogP contribution in [0.2, 0.25) is 5.02 Å². The van der Waals surface area contributed by atoms with E-state index in [0.29, 0.717) is 41.5 Å². The summed E-state index contributed by atoms with van der Waals surface area (Å²) in [7, 11) is 0. The maximum absolute atomic E-state index is 16.5. The smallest absolute Gasteiger partial charge is 0.410 e. The number of hydrogen-bond acceptors (Lipinski definition) is 8. The van der Waals surface area contributed by atoms with Crippen LogP contribution in [0.3, 0.4) is 0 Å². The van der Waals surface area contributed by atoms with E-state index in [4.69, 9.17) is 26.1 Å². The highest BCUT2D eigenvalue weighted by Crippen LogP contribution is 2.41. The zero-order valence-electron chi connectivity index (χ0n) is 25.9. The topological polar surface area (TPSA) is 83.9 Å². The quantitative estimate of drug-likeness (QED) is 0.324. The number of piperazine rings is 1. The summed E-state index contributed by atoms with van der Waals surface area (Å²) in [4.78, 5) is 33.8. The predicted molar refractivity (Wildman–Crippen MR) is 168 cm³/mol. The van der Waals surface area contributed by atoms with Crippen LogP contribution in [0, 0.1) is 12.7 Å². The van der Waals surface area contributed by atoms with Crippen LogP contribution in [0.5, 0.6) is 6.01 Å². The monoisotopic (exact) mass is 622 g/mol. The molecule has 2 unspecified atom stereocenters. The minimum atomic E-state index is -0.571. The van der Waals surface area contributed by atoms with E-state index in [2.05, 4.69) is 19.8 Å². The average molecular weight is 623 g/mol. The summed E-state index contributed by atoms with van der Waals surface area (Å²) in [6.45, 7) is 11.3. The molecular formula is C33H40ClFN6O3. The van der Waals surface area contributed by atoms with Crippen LogP contribution in [0.1, 0.15) is 64.9 Å². The Balaban J connectivity index is 1.27. The number of fused-ring (bicyclic) bond motifs is 4. The molecule has 4 aliphatic rings. The van der Waals surface area contributed by atoms with E-state index >= 15 is 4.39 Å². The molecular weight excluding hydrogens is 583 g/mol. The van der Waals surface area contributed by atoms with Gasteiger partial charge in [-0.15, -0.1) is 0 Å². The number of rotatable bonds is 5. The fourth-order valence-corrected chi connectivity index (χ4v) is 7.90. The fraction of sp³-hybridized carbons (Fsp3) is 0.576. The lowest BCUT2D eigenvalue weighted by atomic mass is 9.95. The molecule has 0 saturated carbocycles. The van der Waals surface area contributed by atoms with Crippen molar-refractivity contribution in [2.45, 2.75) is 89.4 Å². The summed E-state index contributed by atoms with van der Waals surface area (Å²) < 4.78 is 28.6. The van der Waals surface area contributed by atoms with Gasteiger partial charge in [0, 0.05) is 29.9 Å². The molecule has 0 aliphatic carbocycles. The molecule has 234 valence electrons. The van der Waals surface area contributed by atoms with Crippen LogP contribution in [-0.2, 0) is 4.74 Å². The van der Waals surface area contributed by atoms with Crippen molar-refractivity contribution >= 4 is 34.4 Å². The van der Waals surface area contributed by atoms with Crippen molar-refractivity contribution in [2.75, 3.05) is 37.7 Å². The molecule has 0 N–H and O–H groups in total. The van der Waals surface area contributed by atoms with Crippen LogP contribution < -0.4 is 9.64 Å². The molecule has 1 aromatic carbocycles. The Hall–Kier alpha value is -3.24. The largest absolute Gasteiger partial charge is 0.461 e. The summed E-state index contributed by atoms with van der Waals surface area (Å²) in [6.07, 6.45) is 7.59. The number of carbonyl (C=O) groups excluding carboxylic acids is 1. The van der Waals surface area contributed by atoms with E-state index in [1.807, 2.05) is 38.7 Å². The molecule has 4 aliphatic heterocycles. The van der Waals surface area contributed by atoms with E-state index in [1.54, 1.807) is 18.3 Å². The van der Waals surface area contributed by atoms with Crippen molar-refractivity contribution in [3.8, 4) is 17.3 Å². The fourth-order valence-electron chi connectivity index (χ4n) is 7.73. The van der Waals surface area contributed by atoms with E-state index < -0.39 is 11.4 Å². The molecule has 4 fully saturated rings. The summed E-state index contributed by atoms with van der Waals surface area (Å²) in [5, 5.41) is 1.07. The molecule has 2 atom stereocenters. The highest BCUT2D eigenvalue weighted by molar-refractivity contribution is 6.31. The number of hydrogen-bond donors (Lipinski definition) is 0. The van der Waals surface area contributed by atoms with E-state index in [-0.39, 0.29) is 40.9 Å². The number of halogens is 2. The average Bonchev–Trinajstić information content (AvgIpc) is 3.63. The third-order valence-electron chi connectivity index (χ3n) is 9.83. The van der Waals surface area contributed by atoms with Gasteiger partial charge < -0.3 is 14.4 Å². The first-order chi connectivity index (χ1) is 21.0. The van der Waals surface area contributed by atoms with Gasteiger partial charge in [0.2, 0.25) is 0 Å². The first-order valence-electron chi connectivity index (χ1n) is 15.8. The van der Waals surface area contributed by atoms with Crippen molar-refractivity contribution in [1.29, 1.82) is 0 Å². The summed E-state index contributed by atoms with van der Waals surface area (Å²) in [6, 6.07) is 5.50. The number of nitrogens with zero attached hydrogens (tertiary/aromatic N) is 6. The highest BCUT2D eigenvalue weighted by atomic mass is 35.5. The van der Waals surface area contributed by atoms with Crippen molar-refractivity contribution in [2.24, 2.45) is 0 Å². The van der Waals surface area contributed by atoms with Crippen LogP contribution in [0.4, 0.5) is 15.0 Å². The summed E-state index contributed by atoms with van der Waals surface area (Å²) >= 11 is 6.39. The number of benzene rings is 1. The second kappa shape index (κ2) is 11.0. The minimum Gasteiger partial charge on any atom is -0.461 e. The van der Waals surface area contributed by atoms with Gasteiger partial charge in [-0.3, -0.25) is 14.8 Å². The van der Waals surface area contributed by atoms with Gasteiger partial charge in [0.15, 0.2) is 5.82 Å². The summed E-state index contributed by atoms with van der Waals surface area (Å²) in [5.74, 6) is 0.0527. The molecule has 2 bridgehead atoms. The van der Waals surface area contributed by atoms with Gasteiger partial charge >= 0.3 is 12.1 Å². The molecule has 7 rings (SSSR count). The third kappa shape index (κ3) is 5.13. The number of anilines is 1. The number of pyridine rings is 1. The first-order valence-corrected chi connectivity index (χ1v) is 16.2. The van der Waals surface area contributed by atoms with Crippen LogP contribution in [0.15, 0.2) is 24.4 Å². The predicted octanol–water partition coefficient (Wildman–Crippen LogP) is 6.39. The Bertz CT molecular complexity index is 1590. The third-order valence-corrected chi connectivity index (χ3v) is 10.2. The lowest BCUT2D eigenvalue weighted by Gasteiger charge is -2.42. The van der Waals surface area contributed by atoms with Crippen molar-refractivity contribution in [3.05, 3.63) is 40.8 Å². The Labute approximate surface area is 262 Å². The van der Waals surface area contributed by atoms with Gasteiger partial charge in [0.05, 0.1) is 23.0 Å². The molecule has 11 heteroatoms. The van der Waals surface area contributed by atoms with E-state index in [0.717, 1.165) is 57.2 Å². The number of amides is 1. The van der Waals surface area contributed by atoms with Crippen molar-refractivity contribution < 1.29 is 18.7 Å². The van der Waals surface area contributed by atoms with Crippen molar-refractivity contribution in [3.63, 3.8) is 0 Å². The Morgan fingerprint density at radius 3 is 2.50 bits per heavy atom. The standard InChI is InChI=1S/C33H40ClFN6O3/c1-20-23(8-5-9-25(20)34)27-26(35)28-24(16-36-27)29(38-30(37-28)43-19-33-12-6-14-40(33)15-7-13-33)39-17-21-10-11-22(18-39)41(21)31(42)44-32(2,3)4/h5,8-9,16,21-22H,6-7,10-15,17-19H2,1-4H3. The Kier molecular flexibility index (Phi) is 7.35. The van der Waals surface area contributed by atoms with Gasteiger partial charge in [-0.25, -0.2) is 9.18 Å². The SMILES string of the molecule is Cc1c(Cl)cccc1-c1ncc2c(N3CC4CCC(C3)N4C(=O)OC(C)(C)C)nc(OCC34CCCN3CCC4)nc2c1F. The number of ether oxygens (including phenoxy) is 2. The van der Waals surface area contributed by atoms with Crippen LogP contribution >= 0.6 is 11.6 Å². The van der Waals surface area contributed by atoms with Gasteiger partial charge in [0.1, 0.15) is 29.2 Å². The lowest BCUT2D eigenvalue weighted by molar-refractivity contribution is 0.0122. The molecule has 1 amide bonds. The van der Waals surface area contributed by atoms with Crippen LogP contribution in [0.25, 0.3) is 22.2 Å². The molecule has 2 aromatic heterocycles. The van der Waals surface area contributed by atoms with Gasteiger partial charge in [-0.2, -0.15) is 9.97 Å². The second-order valence-corrected chi connectivity index (χ2v) is 14.2. The molecule has 3 aromatic rings. The Morgan fingerprint density at radius 1 is 1.11 bits per heavy atom. The maximum Gasteiger partial charge on any atom is 0.410 e. The van der Waals surface area contributed by atoms with Gasteiger partial charge in [-0.05, 0) is 90.9 Å². The van der Waals surface area contributed by atoms with Crippen LogP contribution in [-0.4, -0.2) is 86.9 Å². The molecule has 9 nitrogen and oxygen atoms in total.